The molecule has 0 aromatic heterocycles. The summed E-state index contributed by atoms with van der Waals surface area (Å²) in [6.45, 7) is 5.64. The van der Waals surface area contributed by atoms with Crippen molar-refractivity contribution in [3.8, 4) is 0 Å². The lowest BCUT2D eigenvalue weighted by Gasteiger charge is -2.30. The molecule has 1 aromatic carbocycles. The first-order chi connectivity index (χ1) is 6.25. The Labute approximate surface area is 84.3 Å². The molecule has 0 amide bonds. The quantitative estimate of drug-likeness (QED) is 0.702. The molecule has 1 aliphatic heterocycles. The Morgan fingerprint density at radius 1 is 1.38 bits per heavy atom. The molecule has 0 aliphatic carbocycles. The third-order valence-electron chi connectivity index (χ3n) is 2.58. The lowest BCUT2D eigenvalue weighted by molar-refractivity contribution is 0.172. The summed E-state index contributed by atoms with van der Waals surface area (Å²) < 4.78 is 0. The first-order valence-corrected chi connectivity index (χ1v) is 5.11. The van der Waals surface area contributed by atoms with E-state index in [2.05, 4.69) is 24.0 Å². The highest BCUT2D eigenvalue weighted by Crippen LogP contribution is 2.18. The molecule has 0 unspecified atom stereocenters. The smallest absolute Gasteiger partial charge is 0.0435 e. The van der Waals surface area contributed by atoms with Crippen LogP contribution in [0.25, 0.3) is 0 Å². The fourth-order valence-corrected chi connectivity index (χ4v) is 1.72. The van der Waals surface area contributed by atoms with E-state index >= 15 is 0 Å². The highest BCUT2D eigenvalue weighted by Gasteiger charge is 2.13. The minimum absolute atomic E-state index is 0.868. The zero-order valence-electron chi connectivity index (χ0n) is 7.89. The van der Waals surface area contributed by atoms with E-state index in [1.165, 1.54) is 30.6 Å². The van der Waals surface area contributed by atoms with E-state index < -0.39 is 0 Å². The van der Waals surface area contributed by atoms with Gasteiger partial charge in [0, 0.05) is 11.6 Å². The van der Waals surface area contributed by atoms with Crippen LogP contribution in [0.3, 0.4) is 0 Å². The van der Waals surface area contributed by atoms with Gasteiger partial charge in [-0.1, -0.05) is 23.7 Å². The van der Waals surface area contributed by atoms with Crippen LogP contribution in [0.1, 0.15) is 17.5 Å². The molecule has 1 aliphatic rings. The van der Waals surface area contributed by atoms with Crippen molar-refractivity contribution in [2.24, 2.45) is 0 Å². The highest BCUT2D eigenvalue weighted by atomic mass is 35.5. The van der Waals surface area contributed by atoms with Crippen LogP contribution >= 0.6 is 11.6 Å². The summed E-state index contributed by atoms with van der Waals surface area (Å²) in [5, 5.41) is 0.868. The second kappa shape index (κ2) is 3.69. The first-order valence-electron chi connectivity index (χ1n) is 4.73. The van der Waals surface area contributed by atoms with E-state index in [0.29, 0.717) is 0 Å². The largest absolute Gasteiger partial charge is 0.299 e. The number of benzene rings is 1. The second-order valence-electron chi connectivity index (χ2n) is 3.71. The monoisotopic (exact) mass is 195 g/mol. The zero-order valence-corrected chi connectivity index (χ0v) is 8.64. The molecular formula is C11H14ClN. The third-order valence-corrected chi connectivity index (χ3v) is 3.00. The van der Waals surface area contributed by atoms with Crippen LogP contribution in [0.4, 0.5) is 0 Å². The van der Waals surface area contributed by atoms with Crippen molar-refractivity contribution in [1.82, 2.24) is 4.90 Å². The Morgan fingerprint density at radius 2 is 2.15 bits per heavy atom. The van der Waals surface area contributed by atoms with Gasteiger partial charge in [0.25, 0.3) is 0 Å². The first kappa shape index (κ1) is 9.04. The van der Waals surface area contributed by atoms with Crippen molar-refractivity contribution in [2.75, 3.05) is 13.1 Å². The van der Waals surface area contributed by atoms with Crippen LogP contribution in [0.5, 0.6) is 0 Å². The Bertz CT molecular complexity index is 305. The minimum atomic E-state index is 0.868. The van der Waals surface area contributed by atoms with Crippen molar-refractivity contribution in [1.29, 1.82) is 0 Å². The van der Waals surface area contributed by atoms with Gasteiger partial charge in [-0.25, -0.2) is 0 Å². The van der Waals surface area contributed by atoms with Crippen molar-refractivity contribution in [2.45, 2.75) is 19.9 Å². The third kappa shape index (κ3) is 2.04. The standard InChI is InChI=1S/C11H14ClN/c1-9-7-10(3-4-11(9)12)8-13-5-2-6-13/h3-4,7H,2,5-6,8H2,1H3. The summed E-state index contributed by atoms with van der Waals surface area (Å²) >= 11 is 5.95. The van der Waals surface area contributed by atoms with Gasteiger partial charge in [0.05, 0.1) is 0 Å². The van der Waals surface area contributed by atoms with E-state index in [-0.39, 0.29) is 0 Å². The molecule has 0 radical (unpaired) electrons. The van der Waals surface area contributed by atoms with Crippen molar-refractivity contribution in [3.63, 3.8) is 0 Å². The molecule has 1 heterocycles. The average molecular weight is 196 g/mol. The fraction of sp³-hybridized carbons (Fsp3) is 0.455. The zero-order chi connectivity index (χ0) is 9.26. The van der Waals surface area contributed by atoms with Gasteiger partial charge in [-0.15, -0.1) is 0 Å². The van der Waals surface area contributed by atoms with Gasteiger partial charge < -0.3 is 0 Å². The molecule has 70 valence electrons. The SMILES string of the molecule is Cc1cc(CN2CCC2)ccc1Cl. The predicted molar refractivity (Wildman–Crippen MR) is 56.1 cm³/mol. The van der Waals surface area contributed by atoms with Gasteiger partial charge in [0.15, 0.2) is 0 Å². The van der Waals surface area contributed by atoms with E-state index in [9.17, 15) is 0 Å². The van der Waals surface area contributed by atoms with Crippen LogP contribution in [0.15, 0.2) is 18.2 Å². The Morgan fingerprint density at radius 3 is 2.69 bits per heavy atom. The van der Waals surface area contributed by atoms with Crippen molar-refractivity contribution in [3.05, 3.63) is 34.3 Å². The summed E-state index contributed by atoms with van der Waals surface area (Å²) in [5.41, 5.74) is 2.56. The molecule has 0 N–H and O–H groups in total. The van der Waals surface area contributed by atoms with Gasteiger partial charge in [0.1, 0.15) is 0 Å². The maximum absolute atomic E-state index is 5.95. The van der Waals surface area contributed by atoms with Gasteiger partial charge >= 0.3 is 0 Å². The van der Waals surface area contributed by atoms with Gasteiger partial charge in [-0.05, 0) is 43.6 Å². The molecule has 1 nitrogen and oxygen atoms in total. The lowest BCUT2D eigenvalue weighted by atomic mass is 10.1. The number of nitrogens with zero attached hydrogens (tertiary/aromatic N) is 1. The molecule has 2 rings (SSSR count). The highest BCUT2D eigenvalue weighted by molar-refractivity contribution is 6.31. The molecule has 0 bridgehead atoms. The summed E-state index contributed by atoms with van der Waals surface area (Å²) in [4.78, 5) is 2.45. The number of rotatable bonds is 2. The number of halogens is 1. The Balaban J connectivity index is 2.07. The van der Waals surface area contributed by atoms with E-state index in [4.69, 9.17) is 11.6 Å². The Kier molecular flexibility index (Phi) is 2.56. The normalized spacial score (nSPS) is 17.1. The molecule has 0 atom stereocenters. The summed E-state index contributed by atoms with van der Waals surface area (Å²) in [6.07, 6.45) is 1.35. The van der Waals surface area contributed by atoms with Crippen LogP contribution in [0, 0.1) is 6.92 Å². The molecule has 1 aromatic rings. The minimum Gasteiger partial charge on any atom is -0.299 e. The predicted octanol–water partition coefficient (Wildman–Crippen LogP) is 2.85. The summed E-state index contributed by atoms with van der Waals surface area (Å²) in [5.74, 6) is 0. The lowest BCUT2D eigenvalue weighted by Crippen LogP contribution is -2.36. The number of likely N-dealkylation sites (tertiary alicyclic amines) is 1. The number of aryl methyl sites for hydroxylation is 1. The molecule has 0 spiro atoms. The number of hydrogen-bond donors (Lipinski definition) is 0. The van der Waals surface area contributed by atoms with Crippen LogP contribution in [-0.4, -0.2) is 18.0 Å². The Hall–Kier alpha value is -0.530. The molecular weight excluding hydrogens is 182 g/mol. The fourth-order valence-electron chi connectivity index (χ4n) is 1.60. The molecule has 13 heavy (non-hydrogen) atoms. The van der Waals surface area contributed by atoms with Crippen LogP contribution in [-0.2, 0) is 6.54 Å². The maximum atomic E-state index is 5.95. The van der Waals surface area contributed by atoms with Gasteiger partial charge in [0.2, 0.25) is 0 Å². The molecule has 2 heteroatoms. The van der Waals surface area contributed by atoms with Crippen LogP contribution in [0.2, 0.25) is 5.02 Å². The topological polar surface area (TPSA) is 3.24 Å². The average Bonchev–Trinajstić information content (AvgIpc) is 2.04. The second-order valence-corrected chi connectivity index (χ2v) is 4.12. The van der Waals surface area contributed by atoms with Gasteiger partial charge in [-0.3, -0.25) is 4.90 Å². The molecule has 1 saturated heterocycles. The summed E-state index contributed by atoms with van der Waals surface area (Å²) in [6, 6.07) is 6.29. The molecule has 0 saturated carbocycles. The van der Waals surface area contributed by atoms with E-state index in [0.717, 1.165) is 11.6 Å². The van der Waals surface area contributed by atoms with Crippen molar-refractivity contribution < 1.29 is 0 Å². The van der Waals surface area contributed by atoms with Gasteiger partial charge in [-0.2, -0.15) is 0 Å². The van der Waals surface area contributed by atoms with E-state index in [1.807, 2.05) is 6.07 Å². The van der Waals surface area contributed by atoms with Crippen LogP contribution < -0.4 is 0 Å². The number of hydrogen-bond acceptors (Lipinski definition) is 1. The van der Waals surface area contributed by atoms with Crippen molar-refractivity contribution >= 4 is 11.6 Å². The maximum Gasteiger partial charge on any atom is 0.0435 e. The van der Waals surface area contributed by atoms with E-state index in [1.54, 1.807) is 0 Å². The summed E-state index contributed by atoms with van der Waals surface area (Å²) in [7, 11) is 0. The molecule has 1 fully saturated rings.